The molecule has 9 rings (SSSR count). The average Bonchev–Trinajstić information content (AvgIpc) is 3.54. The maximum absolute atomic E-state index is 6.21. The lowest BCUT2D eigenvalue weighted by Gasteiger charge is -2.12. The van der Waals surface area contributed by atoms with Crippen LogP contribution in [0.4, 0.5) is 0 Å². The summed E-state index contributed by atoms with van der Waals surface area (Å²) >= 11 is 0. The molecule has 0 N–H and O–H groups in total. The highest BCUT2D eigenvalue weighted by Crippen LogP contribution is 2.37. The maximum atomic E-state index is 6.21. The van der Waals surface area contributed by atoms with Gasteiger partial charge in [-0.1, -0.05) is 140 Å². The van der Waals surface area contributed by atoms with Crippen LogP contribution < -0.4 is 0 Å². The first-order valence-electron chi connectivity index (χ1n) is 15.7. The first-order chi connectivity index (χ1) is 23.3. The highest BCUT2D eigenvalue weighted by Gasteiger charge is 2.18. The Hall–Kier alpha value is -6.39. The third kappa shape index (κ3) is 4.84. The Bertz CT molecular complexity index is 2570. The summed E-state index contributed by atoms with van der Waals surface area (Å²) in [6.45, 7) is 0. The molecule has 0 radical (unpaired) electrons. The molecule has 7 aromatic carbocycles. The monoisotopic (exact) mass is 601 g/mol. The van der Waals surface area contributed by atoms with Gasteiger partial charge in [0.15, 0.2) is 17.5 Å². The first-order valence-corrected chi connectivity index (χ1v) is 15.7. The normalized spacial score (nSPS) is 11.4. The van der Waals surface area contributed by atoms with Crippen molar-refractivity contribution in [2.75, 3.05) is 0 Å². The quantitative estimate of drug-likeness (QED) is 0.197. The van der Waals surface area contributed by atoms with Gasteiger partial charge in [0.25, 0.3) is 0 Å². The lowest BCUT2D eigenvalue weighted by atomic mass is 9.94. The Labute approximate surface area is 271 Å². The van der Waals surface area contributed by atoms with Crippen molar-refractivity contribution >= 4 is 32.7 Å². The molecule has 9 aromatic rings. The Morgan fingerprint density at radius 2 is 0.957 bits per heavy atom. The highest BCUT2D eigenvalue weighted by molar-refractivity contribution is 6.11. The Kier molecular flexibility index (Phi) is 6.43. The van der Waals surface area contributed by atoms with E-state index in [1.54, 1.807) is 0 Å². The Morgan fingerprint density at radius 1 is 0.340 bits per heavy atom. The van der Waals surface area contributed by atoms with Gasteiger partial charge in [-0.25, -0.2) is 15.0 Å². The topological polar surface area (TPSA) is 51.8 Å². The zero-order valence-electron chi connectivity index (χ0n) is 25.3. The molecule has 220 valence electrons. The Balaban J connectivity index is 1.23. The summed E-state index contributed by atoms with van der Waals surface area (Å²) in [5, 5.41) is 4.43. The molecule has 0 spiro atoms. The van der Waals surface area contributed by atoms with Crippen molar-refractivity contribution in [2.24, 2.45) is 0 Å². The second-order valence-electron chi connectivity index (χ2n) is 11.6. The van der Waals surface area contributed by atoms with Gasteiger partial charge >= 0.3 is 0 Å². The van der Waals surface area contributed by atoms with Crippen LogP contribution in [-0.2, 0) is 0 Å². The molecule has 4 heteroatoms. The predicted octanol–water partition coefficient (Wildman–Crippen LogP) is 11.3. The number of para-hydroxylation sites is 1. The number of hydrogen-bond acceptors (Lipinski definition) is 4. The minimum atomic E-state index is 0.606. The van der Waals surface area contributed by atoms with E-state index in [1.165, 1.54) is 21.9 Å². The smallest absolute Gasteiger partial charge is 0.164 e. The van der Waals surface area contributed by atoms with Crippen LogP contribution in [0, 0.1) is 0 Å². The molecule has 0 atom stereocenters. The van der Waals surface area contributed by atoms with Gasteiger partial charge in [0.1, 0.15) is 11.2 Å². The number of hydrogen-bond donors (Lipinski definition) is 0. The maximum Gasteiger partial charge on any atom is 0.164 e. The standard InChI is InChI=1S/C43H27N3O/c1-3-12-28(13-4-1)31-25-24-29-16-10-20-34(37(29)27-31)32-17-9-18-33(26-32)42-44-41(30-14-5-2-6-15-30)45-43(46-42)36-21-11-23-39-40(36)35-19-7-8-22-38(35)47-39/h1-27H. The van der Waals surface area contributed by atoms with Crippen LogP contribution in [0.5, 0.6) is 0 Å². The van der Waals surface area contributed by atoms with E-state index in [1.807, 2.05) is 60.7 Å². The molecular formula is C43H27N3O. The molecule has 0 unspecified atom stereocenters. The van der Waals surface area contributed by atoms with E-state index in [0.29, 0.717) is 17.5 Å². The van der Waals surface area contributed by atoms with Crippen molar-refractivity contribution in [1.29, 1.82) is 0 Å². The van der Waals surface area contributed by atoms with Crippen molar-refractivity contribution in [2.45, 2.75) is 0 Å². The molecule has 4 nitrogen and oxygen atoms in total. The summed E-state index contributed by atoms with van der Waals surface area (Å²) in [5.74, 6) is 1.85. The van der Waals surface area contributed by atoms with Gasteiger partial charge in [0.2, 0.25) is 0 Å². The van der Waals surface area contributed by atoms with Crippen molar-refractivity contribution in [1.82, 2.24) is 15.0 Å². The summed E-state index contributed by atoms with van der Waals surface area (Å²) in [6.07, 6.45) is 0. The minimum Gasteiger partial charge on any atom is -0.456 e. The van der Waals surface area contributed by atoms with Crippen molar-refractivity contribution < 1.29 is 4.42 Å². The summed E-state index contributed by atoms with van der Waals surface area (Å²) in [6, 6.07) is 56.4. The van der Waals surface area contributed by atoms with Crippen LogP contribution in [0.3, 0.4) is 0 Å². The molecule has 0 fully saturated rings. The molecule has 0 saturated heterocycles. The second-order valence-corrected chi connectivity index (χ2v) is 11.6. The molecule has 0 amide bonds. The molecule has 0 bridgehead atoms. The van der Waals surface area contributed by atoms with E-state index in [4.69, 9.17) is 19.4 Å². The first kappa shape index (κ1) is 27.0. The second kappa shape index (κ2) is 11.2. The summed E-state index contributed by atoms with van der Waals surface area (Å²) in [5.41, 5.74) is 9.06. The third-order valence-electron chi connectivity index (χ3n) is 8.73. The van der Waals surface area contributed by atoms with Gasteiger partial charge in [0, 0.05) is 27.5 Å². The van der Waals surface area contributed by atoms with Gasteiger partial charge in [-0.05, 0) is 57.3 Å². The zero-order valence-corrected chi connectivity index (χ0v) is 25.3. The van der Waals surface area contributed by atoms with E-state index in [9.17, 15) is 0 Å². The number of benzene rings is 7. The molecule has 47 heavy (non-hydrogen) atoms. The highest BCUT2D eigenvalue weighted by atomic mass is 16.3. The molecule has 0 saturated carbocycles. The number of fused-ring (bicyclic) bond motifs is 4. The zero-order chi connectivity index (χ0) is 31.2. The molecule has 0 aliphatic heterocycles. The van der Waals surface area contributed by atoms with E-state index in [2.05, 4.69) is 103 Å². The van der Waals surface area contributed by atoms with Crippen molar-refractivity contribution in [3.05, 3.63) is 164 Å². The van der Waals surface area contributed by atoms with E-state index < -0.39 is 0 Å². The summed E-state index contributed by atoms with van der Waals surface area (Å²) in [4.78, 5) is 15.2. The fraction of sp³-hybridized carbons (Fsp3) is 0. The van der Waals surface area contributed by atoms with Crippen LogP contribution in [0.2, 0.25) is 0 Å². The van der Waals surface area contributed by atoms with Gasteiger partial charge in [-0.2, -0.15) is 0 Å². The number of nitrogens with zero attached hydrogens (tertiary/aromatic N) is 3. The minimum absolute atomic E-state index is 0.606. The fourth-order valence-electron chi connectivity index (χ4n) is 6.46. The van der Waals surface area contributed by atoms with Crippen LogP contribution in [0.1, 0.15) is 0 Å². The molecule has 0 aliphatic carbocycles. The number of furan rings is 1. The molecule has 2 heterocycles. The number of rotatable bonds is 5. The van der Waals surface area contributed by atoms with Gasteiger partial charge in [-0.15, -0.1) is 0 Å². The molecule has 2 aromatic heterocycles. The van der Waals surface area contributed by atoms with Crippen molar-refractivity contribution in [3.8, 4) is 56.4 Å². The number of aromatic nitrogens is 3. The summed E-state index contributed by atoms with van der Waals surface area (Å²) in [7, 11) is 0. The molecule has 0 aliphatic rings. The predicted molar refractivity (Wildman–Crippen MR) is 192 cm³/mol. The Morgan fingerprint density at radius 3 is 1.81 bits per heavy atom. The van der Waals surface area contributed by atoms with E-state index in [0.717, 1.165) is 49.8 Å². The lowest BCUT2D eigenvalue weighted by molar-refractivity contribution is 0.669. The SMILES string of the molecule is c1ccc(-c2ccc3cccc(-c4cccc(-c5nc(-c6ccccc6)nc(-c6cccc7oc8ccccc8c67)n5)c4)c3c2)cc1. The average molecular weight is 602 g/mol. The van der Waals surface area contributed by atoms with E-state index in [-0.39, 0.29) is 0 Å². The van der Waals surface area contributed by atoms with E-state index >= 15 is 0 Å². The largest absolute Gasteiger partial charge is 0.456 e. The third-order valence-corrected chi connectivity index (χ3v) is 8.73. The van der Waals surface area contributed by atoms with Crippen LogP contribution in [-0.4, -0.2) is 15.0 Å². The van der Waals surface area contributed by atoms with Crippen molar-refractivity contribution in [3.63, 3.8) is 0 Å². The lowest BCUT2D eigenvalue weighted by Crippen LogP contribution is -2.00. The van der Waals surface area contributed by atoms with Crippen LogP contribution in [0.25, 0.3) is 89.1 Å². The van der Waals surface area contributed by atoms with Crippen LogP contribution in [0.15, 0.2) is 168 Å². The fourth-order valence-corrected chi connectivity index (χ4v) is 6.46. The van der Waals surface area contributed by atoms with Gasteiger partial charge in [-0.3, -0.25) is 0 Å². The van der Waals surface area contributed by atoms with Gasteiger partial charge < -0.3 is 4.42 Å². The molecular weight excluding hydrogens is 574 g/mol. The van der Waals surface area contributed by atoms with Crippen LogP contribution >= 0.6 is 0 Å². The summed E-state index contributed by atoms with van der Waals surface area (Å²) < 4.78 is 6.21. The van der Waals surface area contributed by atoms with Gasteiger partial charge in [0.05, 0.1) is 0 Å².